The number of benzene rings is 1. The number of hydrogen-bond acceptors (Lipinski definition) is 3. The summed E-state index contributed by atoms with van der Waals surface area (Å²) in [6.07, 6.45) is 3.08. The molecule has 23 heavy (non-hydrogen) atoms. The molecule has 5 nitrogen and oxygen atoms in total. The fraction of sp³-hybridized carbons (Fsp3) is 0.556. The van der Waals surface area contributed by atoms with Gasteiger partial charge in [-0.15, -0.1) is 0 Å². The van der Waals surface area contributed by atoms with Crippen molar-refractivity contribution in [3.63, 3.8) is 0 Å². The zero-order valence-electron chi connectivity index (χ0n) is 13.4. The van der Waals surface area contributed by atoms with Gasteiger partial charge in [0.15, 0.2) is 0 Å². The van der Waals surface area contributed by atoms with Crippen LogP contribution >= 0.6 is 0 Å². The van der Waals surface area contributed by atoms with E-state index in [-0.39, 0.29) is 23.8 Å². The first-order chi connectivity index (χ1) is 11.2. The Kier molecular flexibility index (Phi) is 5.28. The number of nitrogens with zero attached hydrogens (tertiary/aromatic N) is 1. The van der Waals surface area contributed by atoms with Gasteiger partial charge >= 0.3 is 0 Å². The highest BCUT2D eigenvalue weighted by Crippen LogP contribution is 2.21. The Balaban J connectivity index is 1.69. The van der Waals surface area contributed by atoms with Crippen LogP contribution in [0.3, 0.4) is 0 Å². The van der Waals surface area contributed by atoms with Crippen molar-refractivity contribution in [3.8, 4) is 0 Å². The number of carbonyl (C=O) groups is 2. The van der Waals surface area contributed by atoms with E-state index in [1.54, 1.807) is 0 Å². The Morgan fingerprint density at radius 1 is 1.26 bits per heavy atom. The largest absolute Gasteiger partial charge is 0.381 e. The average molecular weight is 316 g/mol. The molecule has 2 fully saturated rings. The van der Waals surface area contributed by atoms with E-state index in [0.717, 1.165) is 31.4 Å². The smallest absolute Gasteiger partial charge is 0.223 e. The summed E-state index contributed by atoms with van der Waals surface area (Å²) in [5, 5.41) is 3.16. The molecule has 1 atom stereocenters. The molecule has 0 saturated carbocycles. The van der Waals surface area contributed by atoms with Gasteiger partial charge in [-0.2, -0.15) is 0 Å². The summed E-state index contributed by atoms with van der Waals surface area (Å²) in [5.41, 5.74) is 1.05. The van der Waals surface area contributed by atoms with Crippen molar-refractivity contribution in [2.75, 3.05) is 26.3 Å². The molecule has 1 aromatic rings. The minimum atomic E-state index is -0.145. The van der Waals surface area contributed by atoms with E-state index in [1.807, 2.05) is 35.2 Å². The predicted molar refractivity (Wildman–Crippen MR) is 86.7 cm³/mol. The van der Waals surface area contributed by atoms with E-state index in [1.165, 1.54) is 0 Å². The predicted octanol–water partition coefficient (Wildman–Crippen LogP) is 1.89. The maximum absolute atomic E-state index is 12.6. The normalized spacial score (nSPS) is 20.5. The van der Waals surface area contributed by atoms with E-state index in [9.17, 15) is 9.59 Å². The summed E-state index contributed by atoms with van der Waals surface area (Å²) in [4.78, 5) is 26.4. The molecule has 1 unspecified atom stereocenters. The maximum Gasteiger partial charge on any atom is 0.223 e. The molecular weight excluding hydrogens is 292 g/mol. The molecule has 1 N–H and O–H groups in total. The first kappa shape index (κ1) is 16.0. The standard InChI is InChI=1S/C18H24N2O3/c21-17-7-4-10-20(17)13-16(14-5-2-1-3-6-14)19-18(22)15-8-11-23-12-9-15/h1-3,5-6,15-16H,4,7-13H2,(H,19,22). The Labute approximate surface area is 137 Å². The first-order valence-corrected chi connectivity index (χ1v) is 8.45. The third kappa shape index (κ3) is 4.10. The van der Waals surface area contributed by atoms with Gasteiger partial charge in [0.25, 0.3) is 0 Å². The summed E-state index contributed by atoms with van der Waals surface area (Å²) >= 11 is 0. The fourth-order valence-electron chi connectivity index (χ4n) is 3.29. The van der Waals surface area contributed by atoms with Gasteiger partial charge in [0, 0.05) is 38.6 Å². The van der Waals surface area contributed by atoms with E-state index >= 15 is 0 Å². The van der Waals surface area contributed by atoms with E-state index in [4.69, 9.17) is 4.74 Å². The number of nitrogens with one attached hydrogen (secondary N) is 1. The molecule has 2 amide bonds. The summed E-state index contributed by atoms with van der Waals surface area (Å²) in [6, 6.07) is 9.77. The summed E-state index contributed by atoms with van der Waals surface area (Å²) < 4.78 is 5.33. The van der Waals surface area contributed by atoms with Gasteiger partial charge in [-0.25, -0.2) is 0 Å². The van der Waals surface area contributed by atoms with Gasteiger partial charge in [0.2, 0.25) is 11.8 Å². The number of rotatable bonds is 5. The van der Waals surface area contributed by atoms with Crippen LogP contribution in [-0.4, -0.2) is 43.0 Å². The SMILES string of the molecule is O=C(NC(CN1CCCC1=O)c1ccccc1)C1CCOCC1. The Bertz CT molecular complexity index is 540. The van der Waals surface area contributed by atoms with Crippen molar-refractivity contribution >= 4 is 11.8 Å². The lowest BCUT2D eigenvalue weighted by Gasteiger charge is -2.28. The van der Waals surface area contributed by atoms with Gasteiger partial charge in [-0.05, 0) is 24.8 Å². The van der Waals surface area contributed by atoms with Gasteiger partial charge < -0.3 is 15.0 Å². The molecule has 2 aliphatic heterocycles. The third-order valence-corrected chi connectivity index (χ3v) is 4.68. The van der Waals surface area contributed by atoms with Crippen molar-refractivity contribution in [1.82, 2.24) is 10.2 Å². The highest BCUT2D eigenvalue weighted by Gasteiger charge is 2.28. The fourth-order valence-corrected chi connectivity index (χ4v) is 3.29. The first-order valence-electron chi connectivity index (χ1n) is 8.45. The second-order valence-electron chi connectivity index (χ2n) is 6.30. The number of carbonyl (C=O) groups excluding carboxylic acids is 2. The van der Waals surface area contributed by atoms with Crippen molar-refractivity contribution in [2.45, 2.75) is 31.7 Å². The molecule has 0 bridgehead atoms. The number of amides is 2. The maximum atomic E-state index is 12.6. The third-order valence-electron chi connectivity index (χ3n) is 4.68. The van der Waals surface area contributed by atoms with Crippen molar-refractivity contribution in [3.05, 3.63) is 35.9 Å². The molecule has 2 saturated heterocycles. The molecule has 5 heteroatoms. The van der Waals surface area contributed by atoms with Gasteiger partial charge in [-0.1, -0.05) is 30.3 Å². The van der Waals surface area contributed by atoms with Crippen LogP contribution < -0.4 is 5.32 Å². The van der Waals surface area contributed by atoms with Crippen LogP contribution in [0.25, 0.3) is 0 Å². The van der Waals surface area contributed by atoms with Crippen molar-refractivity contribution in [1.29, 1.82) is 0 Å². The van der Waals surface area contributed by atoms with Crippen LogP contribution in [0.1, 0.15) is 37.3 Å². The number of ether oxygens (including phenoxy) is 1. The molecule has 0 spiro atoms. The van der Waals surface area contributed by atoms with Gasteiger partial charge in [0.1, 0.15) is 0 Å². The van der Waals surface area contributed by atoms with E-state index in [0.29, 0.717) is 26.2 Å². The molecule has 124 valence electrons. The molecule has 0 radical (unpaired) electrons. The average Bonchev–Trinajstić information content (AvgIpc) is 3.00. The Morgan fingerprint density at radius 3 is 2.65 bits per heavy atom. The van der Waals surface area contributed by atoms with Crippen LogP contribution in [0.5, 0.6) is 0 Å². The summed E-state index contributed by atoms with van der Waals surface area (Å²) in [5.74, 6) is 0.282. The van der Waals surface area contributed by atoms with Gasteiger partial charge in [-0.3, -0.25) is 9.59 Å². The monoisotopic (exact) mass is 316 g/mol. The lowest BCUT2D eigenvalue weighted by Crippen LogP contribution is -2.42. The Hall–Kier alpha value is -1.88. The van der Waals surface area contributed by atoms with Crippen LogP contribution in [0.4, 0.5) is 0 Å². The second-order valence-corrected chi connectivity index (χ2v) is 6.30. The van der Waals surface area contributed by atoms with Crippen LogP contribution in [0.2, 0.25) is 0 Å². The topological polar surface area (TPSA) is 58.6 Å². The molecule has 0 aliphatic carbocycles. The lowest BCUT2D eigenvalue weighted by molar-refractivity contribution is -0.131. The van der Waals surface area contributed by atoms with Crippen molar-refractivity contribution < 1.29 is 14.3 Å². The molecular formula is C18H24N2O3. The summed E-state index contributed by atoms with van der Waals surface area (Å²) in [7, 11) is 0. The zero-order chi connectivity index (χ0) is 16.1. The Morgan fingerprint density at radius 2 is 2.00 bits per heavy atom. The zero-order valence-corrected chi connectivity index (χ0v) is 13.4. The van der Waals surface area contributed by atoms with Gasteiger partial charge in [0.05, 0.1) is 6.04 Å². The molecule has 1 aromatic carbocycles. The van der Waals surface area contributed by atoms with Crippen LogP contribution in [0.15, 0.2) is 30.3 Å². The quantitative estimate of drug-likeness (QED) is 0.902. The number of likely N-dealkylation sites (tertiary alicyclic amines) is 1. The van der Waals surface area contributed by atoms with Crippen LogP contribution in [-0.2, 0) is 14.3 Å². The highest BCUT2D eigenvalue weighted by atomic mass is 16.5. The lowest BCUT2D eigenvalue weighted by atomic mass is 9.98. The highest BCUT2D eigenvalue weighted by molar-refractivity contribution is 5.80. The van der Waals surface area contributed by atoms with Crippen LogP contribution in [0, 0.1) is 5.92 Å². The molecule has 2 heterocycles. The van der Waals surface area contributed by atoms with E-state index < -0.39 is 0 Å². The summed E-state index contributed by atoms with van der Waals surface area (Å²) in [6.45, 7) is 2.64. The molecule has 0 aromatic heterocycles. The van der Waals surface area contributed by atoms with E-state index in [2.05, 4.69) is 5.32 Å². The second kappa shape index (κ2) is 7.59. The molecule has 2 aliphatic rings. The van der Waals surface area contributed by atoms with Crippen molar-refractivity contribution in [2.24, 2.45) is 5.92 Å². The molecule has 3 rings (SSSR count). The minimum Gasteiger partial charge on any atom is -0.381 e. The number of hydrogen-bond donors (Lipinski definition) is 1. The minimum absolute atomic E-state index is 0.0178.